The van der Waals surface area contributed by atoms with Gasteiger partial charge in [0.25, 0.3) is 15.9 Å². The van der Waals surface area contributed by atoms with Gasteiger partial charge in [-0.15, -0.1) is 0 Å². The Morgan fingerprint density at radius 2 is 2.24 bits per heavy atom. The third-order valence-corrected chi connectivity index (χ3v) is 4.68. The van der Waals surface area contributed by atoms with Crippen LogP contribution in [0.5, 0.6) is 0 Å². The summed E-state index contributed by atoms with van der Waals surface area (Å²) in [6.07, 6.45) is 1.04. The van der Waals surface area contributed by atoms with Crippen LogP contribution < -0.4 is 4.72 Å². The number of amides is 1. The standard InChI is InChI=1S/C13H13FN2O4S/c1-13(6-3-7-20-13)12(17)16-21(18,19)11-5-2-4-10(14)9(11)8-15/h2,4-5H,3,6-7H2,1H3,(H,16,17). The second-order valence-corrected chi connectivity index (χ2v) is 6.49. The smallest absolute Gasteiger partial charge is 0.265 e. The van der Waals surface area contributed by atoms with Gasteiger partial charge in [-0.2, -0.15) is 5.26 Å². The van der Waals surface area contributed by atoms with Crippen molar-refractivity contribution >= 4 is 15.9 Å². The molecule has 1 aromatic rings. The van der Waals surface area contributed by atoms with Crippen molar-refractivity contribution in [3.8, 4) is 6.07 Å². The van der Waals surface area contributed by atoms with Crippen LogP contribution in [0.4, 0.5) is 4.39 Å². The van der Waals surface area contributed by atoms with Gasteiger partial charge in [-0.05, 0) is 31.9 Å². The zero-order valence-corrected chi connectivity index (χ0v) is 12.0. The molecule has 8 heteroatoms. The van der Waals surface area contributed by atoms with E-state index in [-0.39, 0.29) is 0 Å². The summed E-state index contributed by atoms with van der Waals surface area (Å²) in [5, 5.41) is 8.87. The molecular formula is C13H13FN2O4S. The fourth-order valence-electron chi connectivity index (χ4n) is 2.08. The summed E-state index contributed by atoms with van der Waals surface area (Å²) in [5.74, 6) is -1.79. The predicted molar refractivity (Wildman–Crippen MR) is 70.0 cm³/mol. The lowest BCUT2D eigenvalue weighted by atomic mass is 10.0. The molecule has 0 aromatic heterocycles. The van der Waals surface area contributed by atoms with E-state index in [4.69, 9.17) is 10.00 Å². The van der Waals surface area contributed by atoms with Gasteiger partial charge in [0.2, 0.25) is 0 Å². The molecule has 1 heterocycles. The van der Waals surface area contributed by atoms with E-state index < -0.39 is 37.8 Å². The van der Waals surface area contributed by atoms with Crippen molar-refractivity contribution in [1.29, 1.82) is 5.26 Å². The number of halogens is 1. The third kappa shape index (κ3) is 2.89. The second kappa shape index (κ2) is 5.42. The van der Waals surface area contributed by atoms with Crippen molar-refractivity contribution in [1.82, 2.24) is 4.72 Å². The van der Waals surface area contributed by atoms with Crippen LogP contribution in [0.2, 0.25) is 0 Å². The average Bonchev–Trinajstić information content (AvgIpc) is 2.86. The molecule has 112 valence electrons. The maximum atomic E-state index is 13.5. The summed E-state index contributed by atoms with van der Waals surface area (Å²) in [6, 6.07) is 4.68. The molecule has 1 unspecified atom stereocenters. The zero-order valence-electron chi connectivity index (χ0n) is 11.2. The van der Waals surface area contributed by atoms with E-state index in [1.54, 1.807) is 0 Å². The number of nitrogens with one attached hydrogen (secondary N) is 1. The minimum Gasteiger partial charge on any atom is -0.365 e. The molecule has 0 spiro atoms. The summed E-state index contributed by atoms with van der Waals surface area (Å²) in [4.78, 5) is 11.5. The minimum atomic E-state index is -4.34. The maximum absolute atomic E-state index is 13.5. The molecule has 6 nitrogen and oxygen atoms in total. The van der Waals surface area contributed by atoms with Crippen LogP contribution in [-0.2, 0) is 19.6 Å². The highest BCUT2D eigenvalue weighted by Gasteiger charge is 2.40. The van der Waals surface area contributed by atoms with Gasteiger partial charge in [-0.1, -0.05) is 6.07 Å². The number of hydrogen-bond acceptors (Lipinski definition) is 5. The van der Waals surface area contributed by atoms with Crippen LogP contribution in [0.1, 0.15) is 25.3 Å². The molecule has 1 atom stereocenters. The number of ether oxygens (including phenoxy) is 1. The Labute approximate surface area is 121 Å². The van der Waals surface area contributed by atoms with Crippen LogP contribution in [0, 0.1) is 17.1 Å². The Hall–Kier alpha value is -1.98. The van der Waals surface area contributed by atoms with E-state index in [1.807, 2.05) is 4.72 Å². The molecule has 1 N–H and O–H groups in total. The highest BCUT2D eigenvalue weighted by Crippen LogP contribution is 2.26. The van der Waals surface area contributed by atoms with E-state index in [0.717, 1.165) is 18.2 Å². The van der Waals surface area contributed by atoms with Crippen LogP contribution in [0.25, 0.3) is 0 Å². The SMILES string of the molecule is CC1(C(=O)NS(=O)(=O)c2cccc(F)c2C#N)CCCO1. The molecule has 2 rings (SSSR count). The van der Waals surface area contributed by atoms with Crippen molar-refractivity contribution < 1.29 is 22.3 Å². The molecule has 21 heavy (non-hydrogen) atoms. The molecule has 0 bridgehead atoms. The van der Waals surface area contributed by atoms with Crippen LogP contribution in [0.15, 0.2) is 23.1 Å². The Kier molecular flexibility index (Phi) is 3.98. The van der Waals surface area contributed by atoms with Crippen molar-refractivity contribution in [2.45, 2.75) is 30.3 Å². The monoisotopic (exact) mass is 312 g/mol. The van der Waals surface area contributed by atoms with E-state index in [9.17, 15) is 17.6 Å². The average molecular weight is 312 g/mol. The normalized spacial score (nSPS) is 21.8. The van der Waals surface area contributed by atoms with Crippen LogP contribution in [-0.4, -0.2) is 26.5 Å². The van der Waals surface area contributed by atoms with Gasteiger partial charge < -0.3 is 4.74 Å². The Balaban J connectivity index is 2.34. The minimum absolute atomic E-state index is 0.368. The fourth-order valence-corrected chi connectivity index (χ4v) is 3.32. The van der Waals surface area contributed by atoms with Crippen LogP contribution >= 0.6 is 0 Å². The summed E-state index contributed by atoms with van der Waals surface area (Å²) < 4.78 is 44.9. The Morgan fingerprint density at radius 3 is 2.81 bits per heavy atom. The van der Waals surface area contributed by atoms with Gasteiger partial charge in [0.15, 0.2) is 0 Å². The van der Waals surface area contributed by atoms with Gasteiger partial charge in [0.05, 0.1) is 0 Å². The first-order valence-corrected chi connectivity index (χ1v) is 7.68. The molecule has 0 saturated carbocycles. The number of sulfonamides is 1. The first kappa shape index (κ1) is 15.4. The number of hydrogen-bond donors (Lipinski definition) is 1. The van der Waals surface area contributed by atoms with Gasteiger partial charge in [0, 0.05) is 6.61 Å². The molecule has 1 amide bonds. The fraction of sp³-hybridized carbons (Fsp3) is 0.385. The quantitative estimate of drug-likeness (QED) is 0.900. The number of nitriles is 1. The number of benzene rings is 1. The molecule has 1 fully saturated rings. The van der Waals surface area contributed by atoms with E-state index in [2.05, 4.69) is 0 Å². The highest BCUT2D eigenvalue weighted by atomic mass is 32.2. The maximum Gasteiger partial charge on any atom is 0.265 e. The molecule has 1 aliphatic rings. The van der Waals surface area contributed by atoms with Crippen molar-refractivity contribution in [3.05, 3.63) is 29.6 Å². The molecule has 0 aliphatic carbocycles. The number of carbonyl (C=O) groups excluding carboxylic acids is 1. The third-order valence-electron chi connectivity index (χ3n) is 3.30. The first-order valence-electron chi connectivity index (χ1n) is 6.20. The van der Waals surface area contributed by atoms with E-state index >= 15 is 0 Å². The topological polar surface area (TPSA) is 96.3 Å². The van der Waals surface area contributed by atoms with Gasteiger partial charge >= 0.3 is 0 Å². The van der Waals surface area contributed by atoms with Crippen molar-refractivity contribution in [2.24, 2.45) is 0 Å². The summed E-state index contributed by atoms with van der Waals surface area (Å²) in [6.45, 7) is 1.86. The largest absolute Gasteiger partial charge is 0.365 e. The Morgan fingerprint density at radius 1 is 1.52 bits per heavy atom. The first-order chi connectivity index (χ1) is 9.80. The molecule has 1 saturated heterocycles. The van der Waals surface area contributed by atoms with Gasteiger partial charge in [-0.3, -0.25) is 4.79 Å². The molecule has 0 radical (unpaired) electrons. The number of nitrogens with zero attached hydrogens (tertiary/aromatic N) is 1. The summed E-state index contributed by atoms with van der Waals surface area (Å²) in [5.41, 5.74) is -1.86. The van der Waals surface area contributed by atoms with Crippen molar-refractivity contribution in [2.75, 3.05) is 6.61 Å². The predicted octanol–water partition coefficient (Wildman–Crippen LogP) is 1.07. The summed E-state index contributed by atoms with van der Waals surface area (Å²) in [7, 11) is -4.34. The highest BCUT2D eigenvalue weighted by molar-refractivity contribution is 7.90. The van der Waals surface area contributed by atoms with Gasteiger partial charge in [0.1, 0.15) is 27.9 Å². The van der Waals surface area contributed by atoms with E-state index in [0.29, 0.717) is 19.4 Å². The lowest BCUT2D eigenvalue weighted by molar-refractivity contribution is -0.137. The lowest BCUT2D eigenvalue weighted by Crippen LogP contribution is -2.46. The number of rotatable bonds is 3. The lowest BCUT2D eigenvalue weighted by Gasteiger charge is -2.21. The second-order valence-electron chi connectivity index (χ2n) is 4.84. The molecular weight excluding hydrogens is 299 g/mol. The Bertz CT molecular complexity index is 718. The zero-order chi connectivity index (χ0) is 15.7. The molecule has 1 aromatic carbocycles. The van der Waals surface area contributed by atoms with Crippen LogP contribution in [0.3, 0.4) is 0 Å². The molecule has 1 aliphatic heterocycles. The van der Waals surface area contributed by atoms with Gasteiger partial charge in [-0.25, -0.2) is 17.5 Å². The van der Waals surface area contributed by atoms with E-state index in [1.165, 1.54) is 13.0 Å². The van der Waals surface area contributed by atoms with Crippen molar-refractivity contribution in [3.63, 3.8) is 0 Å². The number of carbonyl (C=O) groups is 1. The summed E-state index contributed by atoms with van der Waals surface area (Å²) >= 11 is 0.